The minimum atomic E-state index is -4.51. The second kappa shape index (κ2) is 5.68. The van der Waals surface area contributed by atoms with Gasteiger partial charge in [-0.25, -0.2) is 19.2 Å². The van der Waals surface area contributed by atoms with E-state index in [1.807, 2.05) is 0 Å². The first kappa shape index (κ1) is 15.8. The molecule has 0 aliphatic carbocycles. The van der Waals surface area contributed by atoms with Crippen LogP contribution in [0.4, 0.5) is 24.8 Å². The Balaban J connectivity index is 2.16. The molecule has 0 aromatic carbocycles. The Kier molecular flexibility index (Phi) is 4.28. The summed E-state index contributed by atoms with van der Waals surface area (Å²) in [6.07, 6.45) is -3.84. The van der Waals surface area contributed by atoms with Gasteiger partial charge in [0.1, 0.15) is 21.5 Å². The van der Waals surface area contributed by atoms with Gasteiger partial charge in [-0.3, -0.25) is 0 Å². The first-order valence-corrected chi connectivity index (χ1v) is 8.04. The summed E-state index contributed by atoms with van der Waals surface area (Å²) in [5, 5.41) is 2.83. The highest BCUT2D eigenvalue weighted by Crippen LogP contribution is 2.32. The van der Waals surface area contributed by atoms with Gasteiger partial charge in [0, 0.05) is 6.04 Å². The van der Waals surface area contributed by atoms with Crippen molar-refractivity contribution in [3.63, 3.8) is 0 Å². The van der Waals surface area contributed by atoms with Crippen molar-refractivity contribution in [2.24, 2.45) is 5.84 Å². The van der Waals surface area contributed by atoms with Crippen molar-refractivity contribution in [3.8, 4) is 0 Å². The Hall–Kier alpha value is -1.55. The predicted octanol–water partition coefficient (Wildman–Crippen LogP) is 1.38. The first-order chi connectivity index (χ1) is 9.69. The van der Waals surface area contributed by atoms with E-state index in [9.17, 15) is 21.6 Å². The molecular formula is C11H15F3N4O2S. The molecular weight excluding hydrogens is 309 g/mol. The summed E-state index contributed by atoms with van der Waals surface area (Å²) in [5.74, 6) is 5.05. The van der Waals surface area contributed by atoms with E-state index >= 15 is 0 Å². The predicted molar refractivity (Wildman–Crippen MR) is 72.3 cm³/mol. The molecule has 0 atom stereocenters. The van der Waals surface area contributed by atoms with Crippen LogP contribution in [0.5, 0.6) is 0 Å². The lowest BCUT2D eigenvalue weighted by molar-refractivity contribution is -0.137. The molecule has 2 heterocycles. The fourth-order valence-corrected chi connectivity index (χ4v) is 3.58. The molecule has 0 unspecified atom stereocenters. The van der Waals surface area contributed by atoms with Crippen molar-refractivity contribution >= 4 is 21.5 Å². The number of rotatable bonds is 3. The normalized spacial score (nSPS) is 19.2. The van der Waals surface area contributed by atoms with Crippen LogP contribution in [0, 0.1) is 0 Å². The number of nitrogens with one attached hydrogen (secondary N) is 2. The summed E-state index contributed by atoms with van der Waals surface area (Å²) < 4.78 is 60.9. The maximum absolute atomic E-state index is 12.8. The fraction of sp³-hybridized carbons (Fsp3) is 0.545. The van der Waals surface area contributed by atoms with E-state index < -0.39 is 21.6 Å². The third-order valence-corrected chi connectivity index (χ3v) is 4.92. The number of hydrogen-bond acceptors (Lipinski definition) is 6. The Morgan fingerprint density at radius 3 is 2.29 bits per heavy atom. The van der Waals surface area contributed by atoms with E-state index in [1.54, 1.807) is 0 Å². The third-order valence-electron chi connectivity index (χ3n) is 3.21. The average Bonchev–Trinajstić information content (AvgIpc) is 2.40. The summed E-state index contributed by atoms with van der Waals surface area (Å²) in [7, 11) is -3.02. The molecule has 4 N–H and O–H groups in total. The van der Waals surface area contributed by atoms with Crippen LogP contribution in [0.1, 0.15) is 18.4 Å². The minimum Gasteiger partial charge on any atom is -0.367 e. The number of hydrazine groups is 1. The lowest BCUT2D eigenvalue weighted by Crippen LogP contribution is -2.32. The number of hydrogen-bond donors (Lipinski definition) is 3. The summed E-state index contributed by atoms with van der Waals surface area (Å²) in [6, 6.07) is 1.45. The molecule has 10 heteroatoms. The van der Waals surface area contributed by atoms with Crippen molar-refractivity contribution in [1.29, 1.82) is 0 Å². The van der Waals surface area contributed by atoms with Gasteiger partial charge in [-0.1, -0.05) is 0 Å². The molecule has 0 amide bonds. The van der Waals surface area contributed by atoms with Crippen LogP contribution < -0.4 is 16.6 Å². The number of sulfone groups is 1. The molecule has 1 fully saturated rings. The zero-order valence-electron chi connectivity index (χ0n) is 10.9. The number of nitrogens with zero attached hydrogens (tertiary/aromatic N) is 1. The van der Waals surface area contributed by atoms with Gasteiger partial charge in [0.05, 0.1) is 17.1 Å². The standard InChI is InChI=1S/C11H15F3N4O2S/c12-11(13,14)7-5-9(17-10(6-7)18-15)16-8-1-3-21(19,20)4-2-8/h5-6,8H,1-4,15H2,(H2,16,17,18). The zero-order valence-corrected chi connectivity index (χ0v) is 11.8. The van der Waals surface area contributed by atoms with Crippen LogP contribution in [0.3, 0.4) is 0 Å². The Morgan fingerprint density at radius 1 is 1.19 bits per heavy atom. The van der Waals surface area contributed by atoms with Crippen LogP contribution in [-0.4, -0.2) is 30.9 Å². The van der Waals surface area contributed by atoms with Crippen molar-refractivity contribution < 1.29 is 21.6 Å². The minimum absolute atomic E-state index is 0.0158. The molecule has 1 aromatic rings. The van der Waals surface area contributed by atoms with E-state index in [4.69, 9.17) is 5.84 Å². The number of nitrogen functional groups attached to an aromatic ring is 1. The largest absolute Gasteiger partial charge is 0.416 e. The molecule has 0 saturated carbocycles. The van der Waals surface area contributed by atoms with Gasteiger partial charge < -0.3 is 10.7 Å². The second-order valence-electron chi connectivity index (χ2n) is 4.84. The summed E-state index contributed by atoms with van der Waals surface area (Å²) in [5.41, 5.74) is 1.20. The highest BCUT2D eigenvalue weighted by atomic mass is 32.2. The lowest BCUT2D eigenvalue weighted by atomic mass is 10.1. The molecule has 6 nitrogen and oxygen atoms in total. The average molecular weight is 324 g/mol. The summed E-state index contributed by atoms with van der Waals surface area (Å²) >= 11 is 0. The Labute approximate surface area is 119 Å². The highest BCUT2D eigenvalue weighted by molar-refractivity contribution is 7.91. The highest BCUT2D eigenvalue weighted by Gasteiger charge is 2.32. The van der Waals surface area contributed by atoms with Gasteiger partial charge in [-0.15, -0.1) is 0 Å². The van der Waals surface area contributed by atoms with Crippen LogP contribution in [0.15, 0.2) is 12.1 Å². The SMILES string of the molecule is NNc1cc(C(F)(F)F)cc(NC2CCS(=O)(=O)CC2)n1. The van der Waals surface area contributed by atoms with Crippen LogP contribution in [0.2, 0.25) is 0 Å². The van der Waals surface area contributed by atoms with Gasteiger partial charge in [0.25, 0.3) is 0 Å². The van der Waals surface area contributed by atoms with E-state index in [0.717, 1.165) is 12.1 Å². The molecule has 21 heavy (non-hydrogen) atoms. The fourth-order valence-electron chi connectivity index (χ4n) is 2.09. The lowest BCUT2D eigenvalue weighted by Gasteiger charge is -2.24. The maximum atomic E-state index is 12.8. The molecule has 0 spiro atoms. The monoisotopic (exact) mass is 324 g/mol. The number of anilines is 2. The molecule has 1 aliphatic rings. The molecule has 2 rings (SSSR count). The molecule has 118 valence electrons. The molecule has 0 bridgehead atoms. The number of pyridine rings is 1. The van der Waals surface area contributed by atoms with Crippen molar-refractivity contribution in [2.45, 2.75) is 25.1 Å². The quantitative estimate of drug-likeness (QED) is 0.574. The number of halogens is 3. The van der Waals surface area contributed by atoms with Crippen molar-refractivity contribution in [3.05, 3.63) is 17.7 Å². The van der Waals surface area contributed by atoms with Crippen LogP contribution >= 0.6 is 0 Å². The summed E-state index contributed by atoms with van der Waals surface area (Å²) in [6.45, 7) is 0. The van der Waals surface area contributed by atoms with Gasteiger partial charge in [-0.2, -0.15) is 13.2 Å². The molecule has 0 radical (unpaired) electrons. The van der Waals surface area contributed by atoms with Crippen LogP contribution in [-0.2, 0) is 16.0 Å². The molecule has 1 aromatic heterocycles. The molecule has 1 aliphatic heterocycles. The zero-order chi connectivity index (χ0) is 15.7. The van der Waals surface area contributed by atoms with Crippen LogP contribution in [0.25, 0.3) is 0 Å². The van der Waals surface area contributed by atoms with Crippen molar-refractivity contribution in [1.82, 2.24) is 4.98 Å². The Morgan fingerprint density at radius 2 is 1.76 bits per heavy atom. The van der Waals surface area contributed by atoms with E-state index in [-0.39, 0.29) is 29.2 Å². The molecule has 1 saturated heterocycles. The van der Waals surface area contributed by atoms with Gasteiger partial charge in [0.15, 0.2) is 0 Å². The van der Waals surface area contributed by atoms with E-state index in [1.165, 1.54) is 0 Å². The van der Waals surface area contributed by atoms with E-state index in [0.29, 0.717) is 12.8 Å². The topological polar surface area (TPSA) is 97.1 Å². The summed E-state index contributed by atoms with van der Waals surface area (Å²) in [4.78, 5) is 3.90. The Bertz CT molecular complexity index is 604. The number of nitrogens with two attached hydrogens (primary N) is 1. The number of aromatic nitrogens is 1. The van der Waals surface area contributed by atoms with Crippen molar-refractivity contribution in [2.75, 3.05) is 22.2 Å². The first-order valence-electron chi connectivity index (χ1n) is 6.22. The van der Waals surface area contributed by atoms with Gasteiger partial charge >= 0.3 is 6.18 Å². The maximum Gasteiger partial charge on any atom is 0.416 e. The second-order valence-corrected chi connectivity index (χ2v) is 7.14. The number of alkyl halides is 3. The van der Waals surface area contributed by atoms with Gasteiger partial charge in [-0.05, 0) is 25.0 Å². The van der Waals surface area contributed by atoms with Gasteiger partial charge in [0.2, 0.25) is 0 Å². The smallest absolute Gasteiger partial charge is 0.367 e. The third kappa shape index (κ3) is 4.21. The van der Waals surface area contributed by atoms with E-state index in [2.05, 4.69) is 15.7 Å².